The minimum absolute atomic E-state index is 0.202. The highest BCUT2D eigenvalue weighted by Crippen LogP contribution is 2.37. The monoisotopic (exact) mass is 381 g/mol. The summed E-state index contributed by atoms with van der Waals surface area (Å²) in [5.41, 5.74) is 0. The Kier molecular flexibility index (Phi) is 8.16. The molecule has 3 rings (SSSR count). The number of unbranched alkanes of at least 4 members (excludes halogenated alkanes) is 3. The first-order valence-corrected chi connectivity index (χ1v) is 10.9. The molecule has 0 fully saturated rings. The Morgan fingerprint density at radius 2 is 1.67 bits per heavy atom. The van der Waals surface area contributed by atoms with Crippen LogP contribution < -0.4 is 9.47 Å². The predicted octanol–water partition coefficient (Wildman–Crippen LogP) is 6.92. The Balaban J connectivity index is 1.36. The molecular formula is C24H29O2S. The van der Waals surface area contributed by atoms with Crippen LogP contribution in [0.25, 0.3) is 0 Å². The van der Waals surface area contributed by atoms with E-state index in [1.807, 2.05) is 36.0 Å². The standard InChI is InChI=1S/C24H29O2S/c1-2-3-13-20(24-25-22-17-10-11-18-23(22)26-24)14-7-4-5-12-19-27-21-15-8-6-9-16-21/h3-4,6,8-11,13,15-18,20,24H,2,5,7,12,14,19H2,1H3. The van der Waals surface area contributed by atoms with Crippen LogP contribution in [0, 0.1) is 12.3 Å². The summed E-state index contributed by atoms with van der Waals surface area (Å²) in [6.07, 6.45) is 12.3. The molecule has 0 aromatic heterocycles. The van der Waals surface area contributed by atoms with Crippen LogP contribution in [0.4, 0.5) is 0 Å². The fourth-order valence-electron chi connectivity index (χ4n) is 3.12. The van der Waals surface area contributed by atoms with Crippen molar-refractivity contribution in [3.63, 3.8) is 0 Å². The molecular weight excluding hydrogens is 352 g/mol. The number of benzene rings is 2. The van der Waals surface area contributed by atoms with Crippen molar-refractivity contribution in [2.75, 3.05) is 5.75 Å². The van der Waals surface area contributed by atoms with Gasteiger partial charge in [0, 0.05) is 4.90 Å². The number of ether oxygens (including phenoxy) is 2. The van der Waals surface area contributed by atoms with E-state index >= 15 is 0 Å². The SMILES string of the molecule is CCC=CC(CC[CH]CCCSc1ccccc1)C1Oc2ccccc2O1. The summed E-state index contributed by atoms with van der Waals surface area (Å²) < 4.78 is 12.0. The van der Waals surface area contributed by atoms with Crippen molar-refractivity contribution in [2.24, 2.45) is 5.92 Å². The van der Waals surface area contributed by atoms with E-state index in [9.17, 15) is 0 Å². The van der Waals surface area contributed by atoms with Gasteiger partial charge in [0.05, 0.1) is 5.92 Å². The molecule has 2 nitrogen and oxygen atoms in total. The lowest BCUT2D eigenvalue weighted by Crippen LogP contribution is -2.27. The van der Waals surface area contributed by atoms with Crippen LogP contribution in [0.1, 0.15) is 39.0 Å². The minimum atomic E-state index is -0.202. The fraction of sp³-hybridized carbons (Fsp3) is 0.375. The zero-order valence-electron chi connectivity index (χ0n) is 16.1. The third kappa shape index (κ3) is 6.35. The highest BCUT2D eigenvalue weighted by Gasteiger charge is 2.29. The lowest BCUT2D eigenvalue weighted by atomic mass is 9.99. The van der Waals surface area contributed by atoms with Gasteiger partial charge in [-0.1, -0.05) is 49.4 Å². The second kappa shape index (κ2) is 11.1. The van der Waals surface area contributed by atoms with Gasteiger partial charge in [-0.05, 0) is 68.5 Å². The molecule has 1 unspecified atom stereocenters. The van der Waals surface area contributed by atoms with E-state index in [4.69, 9.17) is 9.47 Å². The van der Waals surface area contributed by atoms with E-state index in [0.717, 1.165) is 37.2 Å². The molecule has 0 N–H and O–H groups in total. The molecule has 1 aliphatic heterocycles. The van der Waals surface area contributed by atoms with Crippen LogP contribution in [0.3, 0.4) is 0 Å². The predicted molar refractivity (Wildman–Crippen MR) is 114 cm³/mol. The van der Waals surface area contributed by atoms with Crippen LogP contribution in [0.15, 0.2) is 71.6 Å². The van der Waals surface area contributed by atoms with Crippen molar-refractivity contribution in [1.29, 1.82) is 0 Å². The van der Waals surface area contributed by atoms with Crippen LogP contribution in [0.2, 0.25) is 0 Å². The van der Waals surface area contributed by atoms with Gasteiger partial charge in [0.15, 0.2) is 11.5 Å². The number of para-hydroxylation sites is 2. The van der Waals surface area contributed by atoms with Gasteiger partial charge in [-0.25, -0.2) is 0 Å². The Hall–Kier alpha value is -1.87. The second-order valence-electron chi connectivity index (χ2n) is 6.72. The van der Waals surface area contributed by atoms with Crippen LogP contribution in [-0.4, -0.2) is 12.0 Å². The van der Waals surface area contributed by atoms with Crippen molar-refractivity contribution in [2.45, 2.75) is 50.2 Å². The third-order valence-corrected chi connectivity index (χ3v) is 5.67. The lowest BCUT2D eigenvalue weighted by Gasteiger charge is -2.19. The van der Waals surface area contributed by atoms with Crippen LogP contribution in [-0.2, 0) is 0 Å². The summed E-state index contributed by atoms with van der Waals surface area (Å²) in [6.45, 7) is 2.16. The Bertz CT molecular complexity index is 674. The molecule has 2 aromatic rings. The summed E-state index contributed by atoms with van der Waals surface area (Å²) in [7, 11) is 0. The van der Waals surface area contributed by atoms with Gasteiger partial charge in [0.1, 0.15) is 0 Å². The maximum absolute atomic E-state index is 6.02. The molecule has 1 atom stereocenters. The van der Waals surface area contributed by atoms with Crippen molar-refractivity contribution >= 4 is 11.8 Å². The molecule has 0 saturated heterocycles. The summed E-state index contributed by atoms with van der Waals surface area (Å²) in [4.78, 5) is 1.36. The molecule has 0 saturated carbocycles. The van der Waals surface area contributed by atoms with Gasteiger partial charge < -0.3 is 9.47 Å². The van der Waals surface area contributed by atoms with E-state index in [0.29, 0.717) is 0 Å². The molecule has 1 radical (unpaired) electrons. The topological polar surface area (TPSA) is 18.5 Å². The molecule has 0 spiro atoms. The first-order valence-electron chi connectivity index (χ1n) is 9.95. The molecule has 3 heteroatoms. The molecule has 143 valence electrons. The van der Waals surface area contributed by atoms with Crippen molar-refractivity contribution < 1.29 is 9.47 Å². The molecule has 0 amide bonds. The second-order valence-corrected chi connectivity index (χ2v) is 7.89. The maximum atomic E-state index is 6.02. The van der Waals surface area contributed by atoms with Crippen molar-refractivity contribution in [3.05, 3.63) is 73.2 Å². The molecule has 1 aliphatic rings. The first kappa shape index (κ1) is 19.9. The highest BCUT2D eigenvalue weighted by molar-refractivity contribution is 7.99. The molecule has 27 heavy (non-hydrogen) atoms. The number of thioether (sulfide) groups is 1. The zero-order valence-corrected chi connectivity index (χ0v) is 16.9. The Morgan fingerprint density at radius 3 is 2.37 bits per heavy atom. The Morgan fingerprint density at radius 1 is 0.963 bits per heavy atom. The van der Waals surface area contributed by atoms with Crippen molar-refractivity contribution in [3.8, 4) is 11.5 Å². The summed E-state index contributed by atoms with van der Waals surface area (Å²) in [5.74, 6) is 3.18. The van der Waals surface area contributed by atoms with Crippen molar-refractivity contribution in [1.82, 2.24) is 0 Å². The summed E-state index contributed by atoms with van der Waals surface area (Å²) in [6, 6.07) is 18.6. The van der Waals surface area contributed by atoms with E-state index in [1.165, 1.54) is 17.1 Å². The average molecular weight is 382 g/mol. The number of hydrogen-bond donors (Lipinski definition) is 0. The first-order chi connectivity index (χ1) is 13.4. The largest absolute Gasteiger partial charge is 0.450 e. The molecule has 0 aliphatic carbocycles. The van der Waals surface area contributed by atoms with Gasteiger partial charge in [0.25, 0.3) is 0 Å². The summed E-state index contributed by atoms with van der Waals surface area (Å²) in [5, 5.41) is 0. The molecule has 0 bridgehead atoms. The molecule has 1 heterocycles. The number of rotatable bonds is 11. The normalized spacial score (nSPS) is 14.7. The van der Waals surface area contributed by atoms with Gasteiger partial charge in [-0.2, -0.15) is 0 Å². The van der Waals surface area contributed by atoms with E-state index in [-0.39, 0.29) is 12.2 Å². The maximum Gasteiger partial charge on any atom is 0.247 e. The quantitative estimate of drug-likeness (QED) is 0.239. The molecule has 2 aromatic carbocycles. The lowest BCUT2D eigenvalue weighted by molar-refractivity contribution is 0.0100. The third-order valence-electron chi connectivity index (χ3n) is 4.57. The fourth-order valence-corrected chi connectivity index (χ4v) is 4.01. The van der Waals surface area contributed by atoms with Crippen LogP contribution >= 0.6 is 11.8 Å². The van der Waals surface area contributed by atoms with Gasteiger partial charge in [0.2, 0.25) is 6.29 Å². The summed E-state index contributed by atoms with van der Waals surface area (Å²) >= 11 is 1.94. The highest BCUT2D eigenvalue weighted by atomic mass is 32.2. The van der Waals surface area contributed by atoms with E-state index in [1.54, 1.807) is 0 Å². The van der Waals surface area contributed by atoms with Gasteiger partial charge in [-0.3, -0.25) is 0 Å². The number of allylic oxidation sites excluding steroid dienone is 1. The van der Waals surface area contributed by atoms with E-state index < -0.39 is 0 Å². The average Bonchev–Trinajstić information content (AvgIpc) is 3.14. The van der Waals surface area contributed by atoms with Gasteiger partial charge >= 0.3 is 0 Å². The van der Waals surface area contributed by atoms with Gasteiger partial charge in [-0.15, -0.1) is 11.8 Å². The minimum Gasteiger partial charge on any atom is -0.450 e. The smallest absolute Gasteiger partial charge is 0.247 e. The van der Waals surface area contributed by atoms with Crippen LogP contribution in [0.5, 0.6) is 11.5 Å². The number of hydrogen-bond acceptors (Lipinski definition) is 3. The van der Waals surface area contributed by atoms with E-state index in [2.05, 4.69) is 55.8 Å². The number of fused-ring (bicyclic) bond motifs is 1. The Labute approximate surface area is 168 Å². The zero-order chi connectivity index (χ0) is 18.7.